The van der Waals surface area contributed by atoms with E-state index in [9.17, 15) is 4.79 Å². The van der Waals surface area contributed by atoms with Gasteiger partial charge in [0.15, 0.2) is 5.78 Å². The van der Waals surface area contributed by atoms with Gasteiger partial charge in [-0.25, -0.2) is 0 Å². The average molecular weight is 256 g/mol. The summed E-state index contributed by atoms with van der Waals surface area (Å²) in [6.45, 7) is 4.11. The van der Waals surface area contributed by atoms with E-state index in [1.807, 2.05) is 6.92 Å². The lowest BCUT2D eigenvalue weighted by Gasteiger charge is -2.06. The van der Waals surface area contributed by atoms with Crippen molar-refractivity contribution in [3.8, 4) is 0 Å². The molecule has 2 heteroatoms. The normalized spacial score (nSPS) is 14.8. The maximum Gasteiger partial charge on any atom is 0.176 e. The summed E-state index contributed by atoms with van der Waals surface area (Å²) in [7, 11) is 0. The molecule has 0 unspecified atom stereocenters. The first kappa shape index (κ1) is 11.7. The molecule has 0 amide bonds. The van der Waals surface area contributed by atoms with Gasteiger partial charge in [0.05, 0.1) is 4.88 Å². The predicted molar refractivity (Wildman–Crippen MR) is 75.5 cm³/mol. The Morgan fingerprint density at radius 3 is 2.28 bits per heavy atom. The fourth-order valence-electron chi connectivity index (χ4n) is 2.82. The maximum absolute atomic E-state index is 12.6. The van der Waals surface area contributed by atoms with E-state index in [2.05, 4.69) is 37.3 Å². The van der Waals surface area contributed by atoms with Gasteiger partial charge < -0.3 is 0 Å². The van der Waals surface area contributed by atoms with Crippen LogP contribution in [0.15, 0.2) is 30.3 Å². The molecule has 3 rings (SSSR count). The van der Waals surface area contributed by atoms with Gasteiger partial charge in [0.25, 0.3) is 0 Å². The third-order valence-electron chi connectivity index (χ3n) is 3.69. The second kappa shape index (κ2) is 4.36. The number of Topliss-reactive ketones (excluding diaryl/α,β-unsaturated/α-hetero) is 1. The molecule has 0 spiro atoms. The minimum absolute atomic E-state index is 0.152. The van der Waals surface area contributed by atoms with Crippen LogP contribution in [0.3, 0.4) is 0 Å². The molecule has 1 nitrogen and oxygen atoms in total. The molecule has 0 saturated heterocycles. The average Bonchev–Trinajstić information content (AvgIpc) is 2.91. The minimum Gasteiger partial charge on any atom is -0.293 e. The summed E-state index contributed by atoms with van der Waals surface area (Å²) in [5.74, 6) is 0.487. The zero-order chi connectivity index (χ0) is 12.7. The molecule has 1 heterocycles. The molecule has 2 aromatic rings. The van der Waals surface area contributed by atoms with Crippen molar-refractivity contribution in [2.24, 2.45) is 5.92 Å². The summed E-state index contributed by atoms with van der Waals surface area (Å²) in [6, 6.07) is 10.5. The fourth-order valence-corrected chi connectivity index (χ4v) is 3.86. The van der Waals surface area contributed by atoms with Crippen LogP contribution < -0.4 is 0 Å². The Morgan fingerprint density at radius 2 is 1.78 bits per heavy atom. The van der Waals surface area contributed by atoms with Gasteiger partial charge in [0.2, 0.25) is 0 Å². The van der Waals surface area contributed by atoms with Crippen LogP contribution in [0.5, 0.6) is 0 Å². The van der Waals surface area contributed by atoms with Gasteiger partial charge in [-0.3, -0.25) is 4.79 Å². The largest absolute Gasteiger partial charge is 0.293 e. The summed E-state index contributed by atoms with van der Waals surface area (Å²) in [5, 5.41) is 0. The van der Waals surface area contributed by atoms with Crippen molar-refractivity contribution in [3.63, 3.8) is 0 Å². The minimum atomic E-state index is 0.152. The van der Waals surface area contributed by atoms with Crippen molar-refractivity contribution >= 4 is 17.1 Å². The van der Waals surface area contributed by atoms with Gasteiger partial charge in [-0.2, -0.15) is 0 Å². The maximum atomic E-state index is 12.6. The third kappa shape index (κ3) is 1.91. The number of fused-ring (bicyclic) bond motifs is 1. The molecule has 0 fully saturated rings. The van der Waals surface area contributed by atoms with Crippen LogP contribution >= 0.6 is 11.3 Å². The van der Waals surface area contributed by atoms with Gasteiger partial charge in [-0.15, -0.1) is 11.3 Å². The van der Waals surface area contributed by atoms with E-state index in [-0.39, 0.29) is 5.92 Å². The molecule has 0 aliphatic heterocycles. The summed E-state index contributed by atoms with van der Waals surface area (Å²) in [5.41, 5.74) is 3.84. The van der Waals surface area contributed by atoms with Crippen LogP contribution in [0.25, 0.3) is 0 Å². The molecule has 1 aliphatic carbocycles. The van der Waals surface area contributed by atoms with Gasteiger partial charge in [-0.1, -0.05) is 24.3 Å². The monoisotopic (exact) mass is 256 g/mol. The highest BCUT2D eigenvalue weighted by Crippen LogP contribution is 2.32. The van der Waals surface area contributed by atoms with Crippen LogP contribution in [-0.4, -0.2) is 5.78 Å². The summed E-state index contributed by atoms with van der Waals surface area (Å²) in [4.78, 5) is 14.8. The quantitative estimate of drug-likeness (QED) is 0.743. The van der Waals surface area contributed by atoms with E-state index in [0.29, 0.717) is 5.78 Å². The van der Waals surface area contributed by atoms with Crippen molar-refractivity contribution in [2.75, 3.05) is 0 Å². The SMILES string of the molecule is Cc1cc(C)c(C(=O)C2Cc3ccccc3C2)s1. The van der Waals surface area contributed by atoms with E-state index in [1.165, 1.54) is 16.0 Å². The first-order valence-corrected chi connectivity index (χ1v) is 7.15. The predicted octanol–water partition coefficient (Wildman–Crippen LogP) is 3.96. The van der Waals surface area contributed by atoms with Crippen LogP contribution in [0, 0.1) is 19.8 Å². The van der Waals surface area contributed by atoms with E-state index in [0.717, 1.165) is 23.3 Å². The van der Waals surface area contributed by atoms with Crippen LogP contribution in [0.1, 0.15) is 31.2 Å². The Hall–Kier alpha value is -1.41. The summed E-state index contributed by atoms with van der Waals surface area (Å²) < 4.78 is 0. The number of benzene rings is 1. The Kier molecular flexibility index (Phi) is 2.83. The second-order valence-electron chi connectivity index (χ2n) is 5.11. The molecular formula is C16H16OS. The zero-order valence-electron chi connectivity index (χ0n) is 10.7. The van der Waals surface area contributed by atoms with E-state index in [1.54, 1.807) is 11.3 Å². The molecule has 1 aromatic carbocycles. The van der Waals surface area contributed by atoms with Gasteiger partial charge in [0.1, 0.15) is 0 Å². The first-order chi connectivity index (χ1) is 8.65. The number of ketones is 1. The van der Waals surface area contributed by atoms with Crippen molar-refractivity contribution in [3.05, 3.63) is 56.8 Å². The highest BCUT2D eigenvalue weighted by molar-refractivity contribution is 7.14. The van der Waals surface area contributed by atoms with Crippen LogP contribution in [0.2, 0.25) is 0 Å². The zero-order valence-corrected chi connectivity index (χ0v) is 11.5. The van der Waals surface area contributed by atoms with E-state index in [4.69, 9.17) is 0 Å². The van der Waals surface area contributed by atoms with Crippen molar-refractivity contribution in [1.29, 1.82) is 0 Å². The molecule has 92 valence electrons. The van der Waals surface area contributed by atoms with Gasteiger partial charge in [0, 0.05) is 10.8 Å². The van der Waals surface area contributed by atoms with E-state index >= 15 is 0 Å². The lowest BCUT2D eigenvalue weighted by atomic mass is 9.98. The Balaban J connectivity index is 1.87. The standard InChI is InChI=1S/C16H16OS/c1-10-7-11(2)18-16(10)15(17)14-8-12-5-3-4-6-13(12)9-14/h3-7,14H,8-9H2,1-2H3. The number of aryl methyl sites for hydroxylation is 2. The smallest absolute Gasteiger partial charge is 0.176 e. The Labute approximate surface area is 111 Å². The molecule has 1 aromatic heterocycles. The first-order valence-electron chi connectivity index (χ1n) is 6.33. The summed E-state index contributed by atoms with van der Waals surface area (Å²) >= 11 is 1.64. The van der Waals surface area contributed by atoms with Crippen LogP contribution in [-0.2, 0) is 12.8 Å². The van der Waals surface area contributed by atoms with Crippen molar-refractivity contribution in [2.45, 2.75) is 26.7 Å². The molecule has 18 heavy (non-hydrogen) atoms. The number of rotatable bonds is 2. The number of hydrogen-bond acceptors (Lipinski definition) is 2. The lowest BCUT2D eigenvalue weighted by Crippen LogP contribution is -2.14. The molecule has 0 bridgehead atoms. The van der Waals surface area contributed by atoms with Gasteiger partial charge in [-0.05, 0) is 49.4 Å². The topological polar surface area (TPSA) is 17.1 Å². The number of hydrogen-bond donors (Lipinski definition) is 0. The Bertz CT molecular complexity index is 584. The number of thiophene rings is 1. The highest BCUT2D eigenvalue weighted by atomic mass is 32.1. The van der Waals surface area contributed by atoms with E-state index < -0.39 is 0 Å². The highest BCUT2D eigenvalue weighted by Gasteiger charge is 2.29. The molecule has 0 radical (unpaired) electrons. The summed E-state index contributed by atoms with van der Waals surface area (Å²) in [6.07, 6.45) is 1.82. The Morgan fingerprint density at radius 1 is 1.17 bits per heavy atom. The molecule has 0 N–H and O–H groups in total. The molecule has 1 aliphatic rings. The fraction of sp³-hybridized carbons (Fsp3) is 0.312. The van der Waals surface area contributed by atoms with Crippen molar-refractivity contribution < 1.29 is 4.79 Å². The van der Waals surface area contributed by atoms with Crippen LogP contribution in [0.4, 0.5) is 0 Å². The molecular weight excluding hydrogens is 240 g/mol. The third-order valence-corrected chi connectivity index (χ3v) is 4.85. The number of carbonyl (C=O) groups is 1. The lowest BCUT2D eigenvalue weighted by molar-refractivity contribution is 0.0928. The second-order valence-corrected chi connectivity index (χ2v) is 6.36. The van der Waals surface area contributed by atoms with Crippen molar-refractivity contribution in [1.82, 2.24) is 0 Å². The van der Waals surface area contributed by atoms with Gasteiger partial charge >= 0.3 is 0 Å². The molecule has 0 atom stereocenters. The molecule has 0 saturated carbocycles. The number of carbonyl (C=O) groups excluding carboxylic acids is 1.